The van der Waals surface area contributed by atoms with Gasteiger partial charge in [0.15, 0.2) is 0 Å². The number of ether oxygens (including phenoxy) is 1. The number of benzene rings is 1. The summed E-state index contributed by atoms with van der Waals surface area (Å²) in [5.74, 6) is 0.291. The first-order chi connectivity index (χ1) is 8.58. The summed E-state index contributed by atoms with van der Waals surface area (Å²) in [6.45, 7) is 2.68. The van der Waals surface area contributed by atoms with E-state index in [1.165, 1.54) is 6.07 Å². The van der Waals surface area contributed by atoms with Gasteiger partial charge in [-0.05, 0) is 19.8 Å². The smallest absolute Gasteiger partial charge is 0.272 e. The Labute approximate surface area is 106 Å². The van der Waals surface area contributed by atoms with Crippen molar-refractivity contribution in [2.24, 2.45) is 11.7 Å². The van der Waals surface area contributed by atoms with Gasteiger partial charge >= 0.3 is 0 Å². The molecule has 1 heterocycles. The fourth-order valence-electron chi connectivity index (χ4n) is 2.43. The third-order valence-corrected chi connectivity index (χ3v) is 3.48. The third-order valence-electron chi connectivity index (χ3n) is 3.48. The second-order valence-corrected chi connectivity index (χ2v) is 4.89. The molecule has 1 aliphatic rings. The average molecular weight is 250 g/mol. The second kappa shape index (κ2) is 5.46. The highest BCUT2D eigenvalue weighted by Crippen LogP contribution is 2.26. The molecule has 0 bridgehead atoms. The molecule has 5 nitrogen and oxygen atoms in total. The Kier molecular flexibility index (Phi) is 3.93. The van der Waals surface area contributed by atoms with Crippen LogP contribution in [0.25, 0.3) is 0 Å². The summed E-state index contributed by atoms with van der Waals surface area (Å²) in [5.41, 5.74) is 7.00. The van der Waals surface area contributed by atoms with E-state index < -0.39 is 0 Å². The van der Waals surface area contributed by atoms with Gasteiger partial charge in [-0.3, -0.25) is 10.1 Å². The lowest BCUT2D eigenvalue weighted by atomic mass is 9.92. The van der Waals surface area contributed by atoms with Gasteiger partial charge in [0.2, 0.25) is 0 Å². The molecule has 0 saturated carbocycles. The summed E-state index contributed by atoms with van der Waals surface area (Å²) in [4.78, 5) is 10.6. The molecule has 1 aliphatic heterocycles. The number of nitrogens with zero attached hydrogens (tertiary/aromatic N) is 1. The van der Waals surface area contributed by atoms with E-state index in [-0.39, 0.29) is 22.8 Å². The molecule has 0 amide bonds. The van der Waals surface area contributed by atoms with Crippen molar-refractivity contribution in [3.8, 4) is 0 Å². The monoisotopic (exact) mass is 250 g/mol. The molecular formula is C13H18N2O3. The lowest BCUT2D eigenvalue weighted by Crippen LogP contribution is -2.32. The third kappa shape index (κ3) is 2.86. The highest BCUT2D eigenvalue weighted by molar-refractivity contribution is 5.40. The summed E-state index contributed by atoms with van der Waals surface area (Å²) in [6, 6.07) is 6.69. The molecule has 1 saturated heterocycles. The fourth-order valence-corrected chi connectivity index (χ4v) is 2.43. The van der Waals surface area contributed by atoms with Crippen molar-refractivity contribution >= 4 is 5.69 Å². The van der Waals surface area contributed by atoms with Crippen molar-refractivity contribution in [3.05, 3.63) is 39.9 Å². The van der Waals surface area contributed by atoms with Crippen LogP contribution in [-0.4, -0.2) is 23.7 Å². The Balaban J connectivity index is 2.07. The quantitative estimate of drug-likeness (QED) is 0.653. The molecule has 2 rings (SSSR count). The summed E-state index contributed by atoms with van der Waals surface area (Å²) in [7, 11) is 0. The zero-order valence-corrected chi connectivity index (χ0v) is 10.4. The molecule has 0 spiro atoms. The number of hydrogen-bond acceptors (Lipinski definition) is 4. The number of rotatable bonds is 4. The van der Waals surface area contributed by atoms with Gasteiger partial charge in [-0.1, -0.05) is 18.2 Å². The maximum atomic E-state index is 10.9. The summed E-state index contributed by atoms with van der Waals surface area (Å²) in [6.07, 6.45) is 1.70. The first kappa shape index (κ1) is 13.0. The van der Waals surface area contributed by atoms with Crippen LogP contribution in [0.4, 0.5) is 5.69 Å². The van der Waals surface area contributed by atoms with Gasteiger partial charge in [0, 0.05) is 23.6 Å². The molecule has 3 atom stereocenters. The molecule has 1 fully saturated rings. The number of para-hydroxylation sites is 1. The van der Waals surface area contributed by atoms with Crippen LogP contribution in [0.1, 0.15) is 18.9 Å². The Morgan fingerprint density at radius 2 is 2.28 bits per heavy atom. The first-order valence-electron chi connectivity index (χ1n) is 6.17. The fraction of sp³-hybridized carbons (Fsp3) is 0.538. The van der Waals surface area contributed by atoms with Gasteiger partial charge in [0.1, 0.15) is 0 Å². The minimum absolute atomic E-state index is 0.0870. The number of hydrogen-bond donors (Lipinski definition) is 1. The maximum Gasteiger partial charge on any atom is 0.272 e. The normalized spacial score (nSPS) is 25.0. The molecule has 18 heavy (non-hydrogen) atoms. The second-order valence-electron chi connectivity index (χ2n) is 4.89. The standard InChI is InChI=1S/C13H18N2O3/c1-9-6-11(8-18-9)12(14)7-10-4-2-3-5-13(10)15(16)17/h2-5,9,11-12H,6-8,14H2,1H3. The van der Waals surface area contributed by atoms with E-state index in [0.717, 1.165) is 6.42 Å². The molecule has 1 aromatic carbocycles. The number of nitro benzene ring substituents is 1. The Hall–Kier alpha value is -1.46. The largest absolute Gasteiger partial charge is 0.378 e. The lowest BCUT2D eigenvalue weighted by molar-refractivity contribution is -0.385. The maximum absolute atomic E-state index is 10.9. The highest BCUT2D eigenvalue weighted by Gasteiger charge is 2.28. The molecule has 3 unspecified atom stereocenters. The van der Waals surface area contributed by atoms with Crippen LogP contribution in [0.15, 0.2) is 24.3 Å². The zero-order valence-electron chi connectivity index (χ0n) is 10.4. The molecular weight excluding hydrogens is 232 g/mol. The molecule has 2 N–H and O–H groups in total. The van der Waals surface area contributed by atoms with Gasteiger partial charge in [0.25, 0.3) is 5.69 Å². The molecule has 1 aromatic rings. The average Bonchev–Trinajstić information content (AvgIpc) is 2.76. The van der Waals surface area contributed by atoms with E-state index >= 15 is 0 Å². The van der Waals surface area contributed by atoms with E-state index in [1.807, 2.05) is 13.0 Å². The van der Waals surface area contributed by atoms with Crippen LogP contribution in [-0.2, 0) is 11.2 Å². The van der Waals surface area contributed by atoms with Gasteiger partial charge in [-0.2, -0.15) is 0 Å². The first-order valence-corrected chi connectivity index (χ1v) is 6.17. The number of nitro groups is 1. The Morgan fingerprint density at radius 3 is 2.89 bits per heavy atom. The van der Waals surface area contributed by atoms with Crippen molar-refractivity contribution in [3.63, 3.8) is 0 Å². The lowest BCUT2D eigenvalue weighted by Gasteiger charge is -2.17. The highest BCUT2D eigenvalue weighted by atomic mass is 16.6. The minimum atomic E-state index is -0.351. The van der Waals surface area contributed by atoms with Gasteiger partial charge in [0.05, 0.1) is 17.6 Å². The van der Waals surface area contributed by atoms with Crippen molar-refractivity contribution < 1.29 is 9.66 Å². The van der Waals surface area contributed by atoms with E-state index in [1.54, 1.807) is 12.1 Å². The van der Waals surface area contributed by atoms with E-state index in [2.05, 4.69) is 0 Å². The van der Waals surface area contributed by atoms with Gasteiger partial charge in [-0.25, -0.2) is 0 Å². The van der Waals surface area contributed by atoms with E-state index in [0.29, 0.717) is 24.5 Å². The van der Waals surface area contributed by atoms with Crippen LogP contribution in [0.5, 0.6) is 0 Å². The van der Waals surface area contributed by atoms with E-state index in [9.17, 15) is 10.1 Å². The number of nitrogens with two attached hydrogens (primary N) is 1. The summed E-state index contributed by atoms with van der Waals surface area (Å²) < 4.78 is 5.49. The molecule has 0 aromatic heterocycles. The van der Waals surface area contributed by atoms with Crippen molar-refractivity contribution in [2.45, 2.75) is 31.9 Å². The van der Waals surface area contributed by atoms with Crippen molar-refractivity contribution in [1.29, 1.82) is 0 Å². The molecule has 98 valence electrons. The molecule has 5 heteroatoms. The predicted molar refractivity (Wildman–Crippen MR) is 68.3 cm³/mol. The van der Waals surface area contributed by atoms with Crippen LogP contribution in [0.2, 0.25) is 0 Å². The van der Waals surface area contributed by atoms with Crippen molar-refractivity contribution in [2.75, 3.05) is 6.61 Å². The SMILES string of the molecule is CC1CC(C(N)Cc2ccccc2[N+](=O)[O-])CO1. The van der Waals surface area contributed by atoms with Gasteiger partial charge < -0.3 is 10.5 Å². The van der Waals surface area contributed by atoms with E-state index in [4.69, 9.17) is 10.5 Å². The zero-order chi connectivity index (χ0) is 13.1. The predicted octanol–water partition coefficient (Wildman–Crippen LogP) is 1.89. The summed E-state index contributed by atoms with van der Waals surface area (Å²) >= 11 is 0. The molecule has 0 aliphatic carbocycles. The van der Waals surface area contributed by atoms with Crippen LogP contribution in [0, 0.1) is 16.0 Å². The minimum Gasteiger partial charge on any atom is -0.378 e. The van der Waals surface area contributed by atoms with Crippen LogP contribution < -0.4 is 5.73 Å². The summed E-state index contributed by atoms with van der Waals surface area (Å²) in [5, 5.41) is 10.9. The Bertz CT molecular complexity index is 436. The molecule has 0 radical (unpaired) electrons. The van der Waals surface area contributed by atoms with Crippen LogP contribution in [0.3, 0.4) is 0 Å². The Morgan fingerprint density at radius 1 is 1.56 bits per heavy atom. The van der Waals surface area contributed by atoms with Gasteiger partial charge in [-0.15, -0.1) is 0 Å². The van der Waals surface area contributed by atoms with Crippen molar-refractivity contribution in [1.82, 2.24) is 0 Å². The topological polar surface area (TPSA) is 78.4 Å². The van der Waals surface area contributed by atoms with Crippen LogP contribution >= 0.6 is 0 Å².